The number of pyridine rings is 1. The molecule has 1 fully saturated rings. The van der Waals surface area contributed by atoms with Gasteiger partial charge in [0.15, 0.2) is 6.19 Å². The molecule has 0 spiro atoms. The molecule has 4 heterocycles. The van der Waals surface area contributed by atoms with Crippen LogP contribution in [0, 0.1) is 18.4 Å². The van der Waals surface area contributed by atoms with E-state index in [1.165, 1.54) is 19.3 Å². The van der Waals surface area contributed by atoms with E-state index in [1.54, 1.807) is 31.3 Å². The van der Waals surface area contributed by atoms with Crippen molar-refractivity contribution in [2.24, 2.45) is 0 Å². The molecule has 1 aliphatic rings. The number of aromatic amines is 1. The summed E-state index contributed by atoms with van der Waals surface area (Å²) in [6.07, 6.45) is 8.16. The molecule has 0 amide bonds. The molecule has 35 heavy (non-hydrogen) atoms. The third kappa shape index (κ3) is 5.54. The summed E-state index contributed by atoms with van der Waals surface area (Å²) in [4.78, 5) is 10.2. The lowest BCUT2D eigenvalue weighted by atomic mass is 10.1. The standard InChI is InChI=1S/C18H16F2N6O.C6H10N2/c1-10-16(24-25-23-10)12-7-14-17(26(9-22-14)18(19)20)15(8-12)27-11(2)13-5-3-4-6-21-13;7-6-8-4-2-1-3-5-8/h3-9,11,18H,1-2H3,(H,23,24,25);1-5H2. The number of halogens is 2. The van der Waals surface area contributed by atoms with Crippen LogP contribution in [0.1, 0.15) is 50.2 Å². The van der Waals surface area contributed by atoms with Crippen molar-refractivity contribution in [3.8, 4) is 23.2 Å². The van der Waals surface area contributed by atoms with Crippen molar-refractivity contribution in [2.75, 3.05) is 13.1 Å². The molecule has 3 aromatic heterocycles. The van der Waals surface area contributed by atoms with Crippen LogP contribution in [-0.2, 0) is 0 Å². The number of nitriles is 1. The van der Waals surface area contributed by atoms with Crippen LogP contribution >= 0.6 is 0 Å². The molecule has 1 unspecified atom stereocenters. The van der Waals surface area contributed by atoms with E-state index in [1.807, 2.05) is 24.0 Å². The maximum atomic E-state index is 13.4. The van der Waals surface area contributed by atoms with Crippen molar-refractivity contribution in [1.82, 2.24) is 34.8 Å². The van der Waals surface area contributed by atoms with E-state index in [0.29, 0.717) is 28.2 Å². The molecule has 1 N–H and O–H groups in total. The summed E-state index contributed by atoms with van der Waals surface area (Å²) in [5.41, 5.74) is 3.27. The monoisotopic (exact) mass is 480 g/mol. The Morgan fingerprint density at radius 3 is 2.51 bits per heavy atom. The molecule has 1 atom stereocenters. The number of likely N-dealkylation sites (tertiary alicyclic amines) is 1. The van der Waals surface area contributed by atoms with Gasteiger partial charge in [0.2, 0.25) is 0 Å². The maximum absolute atomic E-state index is 13.4. The summed E-state index contributed by atoms with van der Waals surface area (Å²) in [6.45, 7) is 2.85. The number of benzene rings is 1. The highest BCUT2D eigenvalue weighted by molar-refractivity contribution is 5.87. The first-order valence-electron chi connectivity index (χ1n) is 11.4. The highest BCUT2D eigenvalue weighted by atomic mass is 19.3. The summed E-state index contributed by atoms with van der Waals surface area (Å²) in [5, 5.41) is 19.1. The zero-order chi connectivity index (χ0) is 24.8. The second kappa shape index (κ2) is 10.9. The first-order valence-corrected chi connectivity index (χ1v) is 11.4. The predicted octanol–water partition coefficient (Wildman–Crippen LogP) is 5.01. The van der Waals surface area contributed by atoms with Crippen molar-refractivity contribution in [3.63, 3.8) is 0 Å². The Morgan fingerprint density at radius 2 is 1.91 bits per heavy atom. The summed E-state index contributed by atoms with van der Waals surface area (Å²) in [6, 6.07) is 8.83. The Morgan fingerprint density at radius 1 is 1.11 bits per heavy atom. The summed E-state index contributed by atoms with van der Waals surface area (Å²) < 4.78 is 33.7. The van der Waals surface area contributed by atoms with Gasteiger partial charge in [-0.2, -0.15) is 29.5 Å². The van der Waals surface area contributed by atoms with Crippen LogP contribution in [-0.4, -0.2) is 47.9 Å². The lowest BCUT2D eigenvalue weighted by Crippen LogP contribution is -2.24. The van der Waals surface area contributed by atoms with Gasteiger partial charge in [-0.25, -0.2) is 4.98 Å². The number of fused-ring (bicyclic) bond motifs is 1. The Balaban J connectivity index is 0.000000308. The van der Waals surface area contributed by atoms with E-state index in [2.05, 4.69) is 31.6 Å². The largest absolute Gasteiger partial charge is 0.482 e. The van der Waals surface area contributed by atoms with E-state index in [-0.39, 0.29) is 11.3 Å². The number of H-pyrrole nitrogens is 1. The van der Waals surface area contributed by atoms with Gasteiger partial charge in [0.25, 0.3) is 0 Å². The lowest BCUT2D eigenvalue weighted by Gasteiger charge is -2.19. The van der Waals surface area contributed by atoms with E-state index < -0.39 is 12.7 Å². The van der Waals surface area contributed by atoms with Crippen LogP contribution in [0.2, 0.25) is 0 Å². The maximum Gasteiger partial charge on any atom is 0.320 e. The average Bonchev–Trinajstić information content (AvgIpc) is 3.52. The van der Waals surface area contributed by atoms with Gasteiger partial charge >= 0.3 is 6.55 Å². The van der Waals surface area contributed by atoms with E-state index in [9.17, 15) is 8.78 Å². The van der Waals surface area contributed by atoms with Crippen LogP contribution in [0.25, 0.3) is 22.3 Å². The molecule has 4 aromatic rings. The van der Waals surface area contributed by atoms with Gasteiger partial charge < -0.3 is 9.64 Å². The molecule has 9 nitrogen and oxygen atoms in total. The number of imidazole rings is 1. The third-order valence-electron chi connectivity index (χ3n) is 5.75. The van der Waals surface area contributed by atoms with Crippen LogP contribution in [0.5, 0.6) is 5.75 Å². The van der Waals surface area contributed by atoms with E-state index >= 15 is 0 Å². The number of alkyl halides is 2. The molecule has 0 bridgehead atoms. The van der Waals surface area contributed by atoms with Crippen LogP contribution in [0.15, 0.2) is 42.9 Å². The van der Waals surface area contributed by atoms with Gasteiger partial charge in [0.05, 0.1) is 16.9 Å². The Labute approximate surface area is 201 Å². The van der Waals surface area contributed by atoms with Gasteiger partial charge in [-0.15, -0.1) is 0 Å². The molecule has 0 aliphatic carbocycles. The quantitative estimate of drug-likeness (QED) is 0.400. The lowest BCUT2D eigenvalue weighted by molar-refractivity contribution is 0.0737. The number of hydrogen-bond donors (Lipinski definition) is 1. The highest BCUT2D eigenvalue weighted by Gasteiger charge is 2.21. The van der Waals surface area contributed by atoms with Crippen molar-refractivity contribution in [2.45, 2.75) is 45.8 Å². The number of nitrogens with zero attached hydrogens (tertiary/aromatic N) is 7. The molecule has 1 aliphatic heterocycles. The Hall–Kier alpha value is -4.07. The summed E-state index contributed by atoms with van der Waals surface area (Å²) in [5.74, 6) is 0.279. The number of nitrogens with one attached hydrogen (secondary N) is 1. The minimum atomic E-state index is -2.73. The minimum Gasteiger partial charge on any atom is -0.482 e. The zero-order valence-electron chi connectivity index (χ0n) is 19.5. The molecule has 11 heteroatoms. The predicted molar refractivity (Wildman–Crippen MR) is 125 cm³/mol. The smallest absolute Gasteiger partial charge is 0.320 e. The first kappa shape index (κ1) is 24.1. The van der Waals surface area contributed by atoms with Gasteiger partial charge in [-0.05, 0) is 57.4 Å². The Kier molecular flexibility index (Phi) is 7.50. The van der Waals surface area contributed by atoms with Crippen molar-refractivity contribution in [3.05, 3.63) is 54.2 Å². The molecule has 0 saturated carbocycles. The van der Waals surface area contributed by atoms with E-state index in [4.69, 9.17) is 10.00 Å². The van der Waals surface area contributed by atoms with Crippen molar-refractivity contribution in [1.29, 1.82) is 5.26 Å². The van der Waals surface area contributed by atoms with Crippen LogP contribution < -0.4 is 4.74 Å². The number of hydrogen-bond acceptors (Lipinski definition) is 7. The molecular formula is C24H26F2N8O. The average molecular weight is 481 g/mol. The van der Waals surface area contributed by atoms with Crippen molar-refractivity contribution >= 4 is 11.0 Å². The number of rotatable bonds is 5. The zero-order valence-corrected chi connectivity index (χ0v) is 19.5. The molecule has 1 saturated heterocycles. The normalized spacial score (nSPS) is 14.3. The molecule has 182 valence electrons. The summed E-state index contributed by atoms with van der Waals surface area (Å²) in [7, 11) is 0. The Bertz CT molecular complexity index is 1290. The van der Waals surface area contributed by atoms with Crippen LogP contribution in [0.4, 0.5) is 8.78 Å². The topological polar surface area (TPSA) is 109 Å². The second-order valence-corrected chi connectivity index (χ2v) is 8.19. The van der Waals surface area contributed by atoms with Gasteiger partial charge in [-0.3, -0.25) is 9.55 Å². The molecular weight excluding hydrogens is 454 g/mol. The number of piperidine rings is 1. The number of aryl methyl sites for hydroxylation is 1. The number of aromatic nitrogens is 6. The summed E-state index contributed by atoms with van der Waals surface area (Å²) >= 11 is 0. The highest BCUT2D eigenvalue weighted by Crippen LogP contribution is 2.36. The fourth-order valence-electron chi connectivity index (χ4n) is 3.93. The fraction of sp³-hybridized carbons (Fsp3) is 0.375. The molecule has 5 rings (SSSR count). The van der Waals surface area contributed by atoms with Crippen LogP contribution in [0.3, 0.4) is 0 Å². The van der Waals surface area contributed by atoms with Gasteiger partial charge in [-0.1, -0.05) is 6.07 Å². The van der Waals surface area contributed by atoms with Gasteiger partial charge in [0.1, 0.15) is 29.4 Å². The third-order valence-corrected chi connectivity index (χ3v) is 5.75. The van der Waals surface area contributed by atoms with Crippen molar-refractivity contribution < 1.29 is 13.5 Å². The minimum absolute atomic E-state index is 0.220. The van der Waals surface area contributed by atoms with E-state index in [0.717, 1.165) is 24.0 Å². The van der Waals surface area contributed by atoms with Gasteiger partial charge in [0, 0.05) is 24.8 Å². The molecule has 0 radical (unpaired) electrons. The number of ether oxygens (including phenoxy) is 1. The fourth-order valence-corrected chi connectivity index (χ4v) is 3.93. The first-order chi connectivity index (χ1) is 17.0. The SMILES string of the molecule is Cc1n[nH]nc1-c1cc(OC(C)c2ccccn2)c2c(c1)ncn2C(F)F.N#CN1CCCCC1. The second-order valence-electron chi connectivity index (χ2n) is 8.19. The molecule has 1 aromatic carbocycles.